The van der Waals surface area contributed by atoms with Crippen molar-refractivity contribution in [1.29, 1.82) is 0 Å². The molecular weight excluding hydrogens is 248 g/mol. The summed E-state index contributed by atoms with van der Waals surface area (Å²) in [6.07, 6.45) is 1.25. The van der Waals surface area contributed by atoms with Gasteiger partial charge >= 0.3 is 5.97 Å². The van der Waals surface area contributed by atoms with E-state index >= 15 is 0 Å². The van der Waals surface area contributed by atoms with E-state index in [2.05, 4.69) is 4.74 Å². The molecule has 0 bridgehead atoms. The molecule has 5 nitrogen and oxygen atoms in total. The Labute approximate surface area is 112 Å². The SMILES string of the molecule is CCOc1ccc(C)c(O/C(=C\CO)C(=O)OC)c1. The molecule has 0 aliphatic carbocycles. The molecule has 1 aromatic rings. The topological polar surface area (TPSA) is 65.0 Å². The van der Waals surface area contributed by atoms with Crippen molar-refractivity contribution in [1.82, 2.24) is 0 Å². The molecule has 0 aliphatic rings. The van der Waals surface area contributed by atoms with Gasteiger partial charge in [-0.05, 0) is 31.6 Å². The Kier molecular flexibility index (Phi) is 5.89. The Balaban J connectivity index is 2.98. The molecule has 0 aliphatic heterocycles. The summed E-state index contributed by atoms with van der Waals surface area (Å²) in [5.41, 5.74) is 0.844. The molecule has 0 amide bonds. The lowest BCUT2D eigenvalue weighted by molar-refractivity contribution is -0.138. The number of methoxy groups -OCH3 is 1. The predicted octanol–water partition coefficient (Wildman–Crippen LogP) is 1.82. The molecule has 0 saturated heterocycles. The zero-order valence-corrected chi connectivity index (χ0v) is 11.3. The first-order chi connectivity index (χ1) is 9.12. The van der Waals surface area contributed by atoms with Crippen LogP contribution in [0.5, 0.6) is 11.5 Å². The van der Waals surface area contributed by atoms with Crippen LogP contribution in [0.3, 0.4) is 0 Å². The highest BCUT2D eigenvalue weighted by atomic mass is 16.6. The zero-order valence-electron chi connectivity index (χ0n) is 11.3. The van der Waals surface area contributed by atoms with Gasteiger partial charge in [0.15, 0.2) is 0 Å². The van der Waals surface area contributed by atoms with Crippen molar-refractivity contribution < 1.29 is 24.1 Å². The Hall–Kier alpha value is -2.01. The highest BCUT2D eigenvalue weighted by Gasteiger charge is 2.14. The van der Waals surface area contributed by atoms with Crippen LogP contribution in [-0.2, 0) is 9.53 Å². The van der Waals surface area contributed by atoms with Crippen molar-refractivity contribution >= 4 is 5.97 Å². The van der Waals surface area contributed by atoms with Crippen molar-refractivity contribution in [2.45, 2.75) is 13.8 Å². The fourth-order valence-corrected chi connectivity index (χ4v) is 1.42. The molecule has 0 spiro atoms. The second-order valence-corrected chi connectivity index (χ2v) is 3.70. The number of esters is 1. The molecule has 0 radical (unpaired) electrons. The van der Waals surface area contributed by atoms with Crippen molar-refractivity contribution in [3.05, 3.63) is 35.6 Å². The number of carbonyl (C=O) groups is 1. The summed E-state index contributed by atoms with van der Waals surface area (Å²) in [5, 5.41) is 8.88. The summed E-state index contributed by atoms with van der Waals surface area (Å²) in [4.78, 5) is 11.5. The molecule has 0 heterocycles. The molecule has 0 saturated carbocycles. The van der Waals surface area contributed by atoms with Gasteiger partial charge in [0.05, 0.1) is 20.3 Å². The lowest BCUT2D eigenvalue weighted by Gasteiger charge is -2.12. The molecule has 1 N–H and O–H groups in total. The van der Waals surface area contributed by atoms with Crippen LogP contribution in [0.4, 0.5) is 0 Å². The number of rotatable bonds is 6. The van der Waals surface area contributed by atoms with Gasteiger partial charge in [0.25, 0.3) is 0 Å². The molecule has 0 aromatic heterocycles. The largest absolute Gasteiger partial charge is 0.494 e. The first kappa shape index (κ1) is 15.0. The third-order valence-electron chi connectivity index (χ3n) is 2.35. The molecule has 1 aromatic carbocycles. The van der Waals surface area contributed by atoms with E-state index in [0.717, 1.165) is 5.56 Å². The molecule has 5 heteroatoms. The molecule has 0 unspecified atom stereocenters. The van der Waals surface area contributed by atoms with E-state index in [9.17, 15) is 4.79 Å². The van der Waals surface area contributed by atoms with Gasteiger partial charge in [0, 0.05) is 6.07 Å². The quantitative estimate of drug-likeness (QED) is 0.483. The lowest BCUT2D eigenvalue weighted by Crippen LogP contribution is -2.12. The maximum absolute atomic E-state index is 11.5. The van der Waals surface area contributed by atoms with Crippen molar-refractivity contribution in [3.63, 3.8) is 0 Å². The van der Waals surface area contributed by atoms with Gasteiger partial charge < -0.3 is 19.3 Å². The fourth-order valence-electron chi connectivity index (χ4n) is 1.42. The van der Waals surface area contributed by atoms with Gasteiger partial charge in [-0.2, -0.15) is 0 Å². The Bertz CT molecular complexity index is 465. The second-order valence-electron chi connectivity index (χ2n) is 3.70. The zero-order chi connectivity index (χ0) is 14.3. The molecule has 1 rings (SSSR count). The molecular formula is C14H18O5. The smallest absolute Gasteiger partial charge is 0.373 e. The summed E-state index contributed by atoms with van der Waals surface area (Å²) >= 11 is 0. The van der Waals surface area contributed by atoms with Gasteiger partial charge in [0.1, 0.15) is 11.5 Å². The van der Waals surface area contributed by atoms with Crippen molar-refractivity contribution in [3.8, 4) is 11.5 Å². The van der Waals surface area contributed by atoms with E-state index in [1.165, 1.54) is 13.2 Å². The summed E-state index contributed by atoms with van der Waals surface area (Å²) < 4.78 is 15.4. The van der Waals surface area contributed by atoms with Gasteiger partial charge in [0.2, 0.25) is 5.76 Å². The minimum Gasteiger partial charge on any atom is -0.494 e. The minimum atomic E-state index is -0.643. The normalized spacial score (nSPS) is 11.1. The number of aliphatic hydroxyl groups excluding tert-OH is 1. The van der Waals surface area contributed by atoms with Crippen molar-refractivity contribution in [2.75, 3.05) is 20.3 Å². The van der Waals surface area contributed by atoms with E-state index in [1.807, 2.05) is 26.0 Å². The van der Waals surface area contributed by atoms with E-state index in [-0.39, 0.29) is 12.4 Å². The van der Waals surface area contributed by atoms with Crippen LogP contribution in [0.1, 0.15) is 12.5 Å². The minimum absolute atomic E-state index is 0.0539. The molecule has 104 valence electrons. The van der Waals surface area contributed by atoms with E-state index < -0.39 is 5.97 Å². The van der Waals surface area contributed by atoms with Gasteiger partial charge in [-0.15, -0.1) is 0 Å². The van der Waals surface area contributed by atoms with Crippen LogP contribution in [0.15, 0.2) is 30.0 Å². The molecule has 19 heavy (non-hydrogen) atoms. The number of hydrogen-bond donors (Lipinski definition) is 1. The Morgan fingerprint density at radius 1 is 1.42 bits per heavy atom. The predicted molar refractivity (Wildman–Crippen MR) is 70.2 cm³/mol. The number of hydrogen-bond acceptors (Lipinski definition) is 5. The van der Waals surface area contributed by atoms with Crippen LogP contribution in [0.2, 0.25) is 0 Å². The second kappa shape index (κ2) is 7.43. The van der Waals surface area contributed by atoms with Crippen LogP contribution in [-0.4, -0.2) is 31.4 Å². The maximum atomic E-state index is 11.5. The van der Waals surface area contributed by atoms with Gasteiger partial charge in [-0.3, -0.25) is 0 Å². The van der Waals surface area contributed by atoms with E-state index in [1.54, 1.807) is 6.07 Å². The maximum Gasteiger partial charge on any atom is 0.373 e. The number of carbonyl (C=O) groups excluding carboxylic acids is 1. The fraction of sp³-hybridized carbons (Fsp3) is 0.357. The standard InChI is InChI=1S/C14H18O5/c1-4-18-11-6-5-10(2)13(9-11)19-12(7-8-15)14(16)17-3/h5-7,9,15H,4,8H2,1-3H3/b12-7-. The van der Waals surface area contributed by atoms with Crippen LogP contribution >= 0.6 is 0 Å². The van der Waals surface area contributed by atoms with Crippen LogP contribution in [0.25, 0.3) is 0 Å². The van der Waals surface area contributed by atoms with E-state index in [0.29, 0.717) is 18.1 Å². The lowest BCUT2D eigenvalue weighted by atomic mass is 10.2. The highest BCUT2D eigenvalue weighted by Crippen LogP contribution is 2.26. The average Bonchev–Trinajstić information content (AvgIpc) is 2.41. The summed E-state index contributed by atoms with van der Waals surface area (Å²) in [6.45, 7) is 3.96. The first-order valence-electron chi connectivity index (χ1n) is 5.93. The van der Waals surface area contributed by atoms with Crippen molar-refractivity contribution in [2.24, 2.45) is 0 Å². The molecule has 0 fully saturated rings. The monoisotopic (exact) mass is 266 g/mol. The van der Waals surface area contributed by atoms with Gasteiger partial charge in [-0.25, -0.2) is 4.79 Å². The van der Waals surface area contributed by atoms with Crippen LogP contribution < -0.4 is 9.47 Å². The summed E-state index contributed by atoms with van der Waals surface area (Å²) in [7, 11) is 1.25. The average molecular weight is 266 g/mol. The molecule has 0 atom stereocenters. The third kappa shape index (κ3) is 4.30. The summed E-state index contributed by atoms with van der Waals surface area (Å²) in [6, 6.07) is 5.33. The van der Waals surface area contributed by atoms with Gasteiger partial charge in [-0.1, -0.05) is 6.07 Å². The van der Waals surface area contributed by atoms with Crippen LogP contribution in [0, 0.1) is 6.92 Å². The number of benzene rings is 1. The highest BCUT2D eigenvalue weighted by molar-refractivity contribution is 5.86. The Morgan fingerprint density at radius 2 is 2.16 bits per heavy atom. The Morgan fingerprint density at radius 3 is 2.74 bits per heavy atom. The number of aliphatic hydroxyl groups is 1. The third-order valence-corrected chi connectivity index (χ3v) is 2.35. The summed E-state index contributed by atoms with van der Waals surface area (Å²) in [5.74, 6) is 0.435. The van der Waals surface area contributed by atoms with E-state index in [4.69, 9.17) is 14.6 Å². The number of ether oxygens (including phenoxy) is 3. The number of aryl methyl sites for hydroxylation is 1. The first-order valence-corrected chi connectivity index (χ1v) is 5.93.